The first-order valence-electron chi connectivity index (χ1n) is 7.06. The second-order valence-corrected chi connectivity index (χ2v) is 5.55. The van der Waals surface area contributed by atoms with Gasteiger partial charge in [0, 0.05) is 13.1 Å². The number of nitrogens with zero attached hydrogens (tertiary/aromatic N) is 2. The zero-order chi connectivity index (χ0) is 15.2. The maximum atomic E-state index is 12.5. The molecule has 1 amide bonds. The van der Waals surface area contributed by atoms with Crippen molar-refractivity contribution in [2.24, 2.45) is 0 Å². The Balaban J connectivity index is 2.38. The van der Waals surface area contributed by atoms with Crippen LogP contribution in [0.2, 0.25) is 0 Å². The zero-order valence-corrected chi connectivity index (χ0v) is 13.1. The number of aromatic nitrogens is 2. The van der Waals surface area contributed by atoms with Crippen LogP contribution in [0.15, 0.2) is 34.2 Å². The molecule has 112 valence electrons. The summed E-state index contributed by atoms with van der Waals surface area (Å²) in [5.74, 6) is 0.218. The van der Waals surface area contributed by atoms with E-state index in [1.807, 2.05) is 32.0 Å². The number of hydrogen-bond donors (Lipinski definition) is 1. The Hall–Kier alpha value is -1.82. The Morgan fingerprint density at radius 2 is 2.10 bits per heavy atom. The molecule has 0 aliphatic heterocycles. The van der Waals surface area contributed by atoms with Crippen LogP contribution in [0.5, 0.6) is 0 Å². The van der Waals surface area contributed by atoms with Gasteiger partial charge < -0.3 is 5.32 Å². The summed E-state index contributed by atoms with van der Waals surface area (Å²) < 4.78 is 1.66. The largest absolute Gasteiger partial charge is 0.356 e. The Kier molecular flexibility index (Phi) is 5.38. The molecule has 2 aromatic rings. The van der Waals surface area contributed by atoms with E-state index in [1.54, 1.807) is 10.6 Å². The van der Waals surface area contributed by atoms with Crippen molar-refractivity contribution in [1.29, 1.82) is 0 Å². The van der Waals surface area contributed by atoms with E-state index in [0.717, 1.165) is 6.42 Å². The van der Waals surface area contributed by atoms with Crippen LogP contribution in [0.1, 0.15) is 20.3 Å². The van der Waals surface area contributed by atoms with Crippen LogP contribution in [0.4, 0.5) is 0 Å². The summed E-state index contributed by atoms with van der Waals surface area (Å²) >= 11 is 1.30. The lowest BCUT2D eigenvalue weighted by atomic mass is 10.2. The van der Waals surface area contributed by atoms with Crippen LogP contribution >= 0.6 is 11.8 Å². The molecule has 0 fully saturated rings. The molecule has 0 saturated carbocycles. The summed E-state index contributed by atoms with van der Waals surface area (Å²) in [6, 6.07) is 7.30. The van der Waals surface area contributed by atoms with Crippen molar-refractivity contribution in [3.05, 3.63) is 34.6 Å². The number of carbonyl (C=O) groups is 1. The molecule has 1 heterocycles. The van der Waals surface area contributed by atoms with Gasteiger partial charge in [-0.2, -0.15) is 0 Å². The highest BCUT2D eigenvalue weighted by Gasteiger charge is 2.12. The summed E-state index contributed by atoms with van der Waals surface area (Å²) in [4.78, 5) is 28.6. The van der Waals surface area contributed by atoms with Gasteiger partial charge in [-0.15, -0.1) is 0 Å². The molecule has 0 aliphatic carbocycles. The highest BCUT2D eigenvalue weighted by atomic mass is 32.2. The minimum atomic E-state index is -0.0482. The van der Waals surface area contributed by atoms with Crippen molar-refractivity contribution in [3.63, 3.8) is 0 Å². The molecule has 0 radical (unpaired) electrons. The fourth-order valence-corrected chi connectivity index (χ4v) is 2.91. The molecule has 0 unspecified atom stereocenters. The molecular weight excluding hydrogens is 286 g/mol. The molecular formula is C15H19N3O2S. The van der Waals surface area contributed by atoms with Gasteiger partial charge in [0.2, 0.25) is 5.91 Å². The fraction of sp³-hybridized carbons (Fsp3) is 0.400. The summed E-state index contributed by atoms with van der Waals surface area (Å²) in [5.41, 5.74) is 0.633. The number of amides is 1. The number of rotatable bonds is 6. The number of thioether (sulfide) groups is 1. The SMILES string of the molecule is CCCn1c(SCC(=O)NCC)nc2ccccc2c1=O. The van der Waals surface area contributed by atoms with Crippen molar-refractivity contribution in [2.75, 3.05) is 12.3 Å². The van der Waals surface area contributed by atoms with E-state index in [9.17, 15) is 9.59 Å². The number of carbonyl (C=O) groups excluding carboxylic acids is 1. The topological polar surface area (TPSA) is 64.0 Å². The van der Waals surface area contributed by atoms with Crippen molar-refractivity contribution in [3.8, 4) is 0 Å². The average molecular weight is 305 g/mol. The van der Waals surface area contributed by atoms with Gasteiger partial charge in [-0.1, -0.05) is 30.8 Å². The van der Waals surface area contributed by atoms with Crippen molar-refractivity contribution >= 4 is 28.6 Å². The van der Waals surface area contributed by atoms with Crippen LogP contribution < -0.4 is 10.9 Å². The van der Waals surface area contributed by atoms with Crippen molar-refractivity contribution < 1.29 is 4.79 Å². The fourth-order valence-electron chi connectivity index (χ4n) is 2.06. The number of nitrogens with one attached hydrogen (secondary N) is 1. The molecule has 5 nitrogen and oxygen atoms in total. The molecule has 21 heavy (non-hydrogen) atoms. The standard InChI is InChI=1S/C15H19N3O2S/c1-3-9-18-14(20)11-7-5-6-8-12(11)17-15(18)21-10-13(19)16-4-2/h5-8H,3-4,9-10H2,1-2H3,(H,16,19). The van der Waals surface area contributed by atoms with E-state index in [-0.39, 0.29) is 17.2 Å². The second kappa shape index (κ2) is 7.26. The molecule has 0 aliphatic rings. The number of hydrogen-bond acceptors (Lipinski definition) is 4. The summed E-state index contributed by atoms with van der Waals surface area (Å²) in [6.45, 7) is 5.10. The van der Waals surface area contributed by atoms with E-state index in [1.165, 1.54) is 11.8 Å². The Morgan fingerprint density at radius 1 is 1.33 bits per heavy atom. The van der Waals surface area contributed by atoms with E-state index < -0.39 is 0 Å². The first-order chi connectivity index (χ1) is 10.2. The minimum Gasteiger partial charge on any atom is -0.356 e. The second-order valence-electron chi connectivity index (χ2n) is 4.61. The Morgan fingerprint density at radius 3 is 2.81 bits per heavy atom. The maximum absolute atomic E-state index is 12.5. The van der Waals surface area contributed by atoms with E-state index >= 15 is 0 Å². The molecule has 2 rings (SSSR count). The predicted molar refractivity (Wildman–Crippen MR) is 85.7 cm³/mol. The first-order valence-corrected chi connectivity index (χ1v) is 8.05. The molecule has 1 N–H and O–H groups in total. The summed E-state index contributed by atoms with van der Waals surface area (Å²) in [6.07, 6.45) is 0.842. The van der Waals surface area contributed by atoms with Crippen LogP contribution in [0.25, 0.3) is 10.9 Å². The van der Waals surface area contributed by atoms with Gasteiger partial charge in [0.1, 0.15) is 0 Å². The van der Waals surface area contributed by atoms with Crippen molar-refractivity contribution in [2.45, 2.75) is 32.0 Å². The molecule has 0 atom stereocenters. The van der Waals surface area contributed by atoms with Gasteiger partial charge in [0.05, 0.1) is 16.7 Å². The van der Waals surface area contributed by atoms with E-state index in [4.69, 9.17) is 0 Å². The summed E-state index contributed by atoms with van der Waals surface area (Å²) in [5, 5.41) is 3.97. The Bertz CT molecular complexity index is 697. The zero-order valence-electron chi connectivity index (χ0n) is 12.3. The lowest BCUT2D eigenvalue weighted by Gasteiger charge is -2.12. The molecule has 0 saturated heterocycles. The smallest absolute Gasteiger partial charge is 0.262 e. The highest BCUT2D eigenvalue weighted by molar-refractivity contribution is 7.99. The highest BCUT2D eigenvalue weighted by Crippen LogP contribution is 2.17. The van der Waals surface area contributed by atoms with Gasteiger partial charge in [0.15, 0.2) is 5.16 Å². The lowest BCUT2D eigenvalue weighted by Crippen LogP contribution is -2.26. The lowest BCUT2D eigenvalue weighted by molar-refractivity contribution is -0.118. The maximum Gasteiger partial charge on any atom is 0.262 e. The average Bonchev–Trinajstić information content (AvgIpc) is 2.49. The molecule has 6 heteroatoms. The molecule has 1 aromatic heterocycles. The van der Waals surface area contributed by atoms with Crippen LogP contribution in [0.3, 0.4) is 0 Å². The normalized spacial score (nSPS) is 10.8. The number of para-hydroxylation sites is 1. The third-order valence-corrected chi connectivity index (χ3v) is 3.96. The van der Waals surface area contributed by atoms with Gasteiger partial charge >= 0.3 is 0 Å². The molecule has 1 aromatic carbocycles. The van der Waals surface area contributed by atoms with Gasteiger partial charge in [0.25, 0.3) is 5.56 Å². The van der Waals surface area contributed by atoms with Crippen LogP contribution in [-0.2, 0) is 11.3 Å². The number of benzene rings is 1. The van der Waals surface area contributed by atoms with E-state index in [2.05, 4.69) is 10.3 Å². The minimum absolute atomic E-state index is 0.0409. The summed E-state index contributed by atoms with van der Waals surface area (Å²) in [7, 11) is 0. The van der Waals surface area contributed by atoms with Gasteiger partial charge in [-0.3, -0.25) is 14.2 Å². The third-order valence-electron chi connectivity index (χ3n) is 2.98. The van der Waals surface area contributed by atoms with Crippen LogP contribution in [-0.4, -0.2) is 27.8 Å². The molecule has 0 bridgehead atoms. The van der Waals surface area contributed by atoms with Crippen LogP contribution in [0, 0.1) is 0 Å². The Labute approximate surface area is 127 Å². The number of fused-ring (bicyclic) bond motifs is 1. The van der Waals surface area contributed by atoms with E-state index in [0.29, 0.717) is 29.1 Å². The third kappa shape index (κ3) is 3.64. The predicted octanol–water partition coefficient (Wildman–Crippen LogP) is 2.03. The van der Waals surface area contributed by atoms with Gasteiger partial charge in [-0.25, -0.2) is 4.98 Å². The van der Waals surface area contributed by atoms with Crippen molar-refractivity contribution in [1.82, 2.24) is 14.9 Å². The molecule has 0 spiro atoms. The monoisotopic (exact) mass is 305 g/mol. The first kappa shape index (κ1) is 15.6. The quantitative estimate of drug-likeness (QED) is 0.655. The van der Waals surface area contributed by atoms with Gasteiger partial charge in [-0.05, 0) is 25.5 Å².